The second-order valence-corrected chi connectivity index (χ2v) is 4.26. The van der Waals surface area contributed by atoms with Gasteiger partial charge in [-0.3, -0.25) is 9.36 Å². The summed E-state index contributed by atoms with van der Waals surface area (Å²) in [6.45, 7) is 2.22. The van der Waals surface area contributed by atoms with Crippen LogP contribution in [0.1, 0.15) is 19.8 Å². The van der Waals surface area contributed by atoms with Gasteiger partial charge in [-0.1, -0.05) is 13.3 Å². The second kappa shape index (κ2) is 5.60. The highest BCUT2D eigenvalue weighted by atomic mass is 16.5. The van der Waals surface area contributed by atoms with Gasteiger partial charge in [0.25, 0.3) is 0 Å². The topological polar surface area (TPSA) is 87.5 Å². The fourth-order valence-electron chi connectivity index (χ4n) is 1.74. The number of benzene rings is 1. The number of carbonyl (C=O) groups excluding carboxylic acids is 1. The molecule has 0 saturated heterocycles. The molecule has 1 aromatic carbocycles. The predicted octanol–water partition coefficient (Wildman–Crippen LogP) is 1.52. The molecule has 1 aromatic heterocycles. The number of hydrogen-bond donors (Lipinski definition) is 1. The zero-order valence-corrected chi connectivity index (χ0v) is 10.7. The lowest BCUT2D eigenvalue weighted by atomic mass is 10.3. The Labute approximate surface area is 109 Å². The number of ether oxygens (including phenoxy) is 1. The zero-order valence-electron chi connectivity index (χ0n) is 10.7. The van der Waals surface area contributed by atoms with Gasteiger partial charge >= 0.3 is 11.7 Å². The van der Waals surface area contributed by atoms with Gasteiger partial charge in [-0.05, 0) is 18.6 Å². The summed E-state index contributed by atoms with van der Waals surface area (Å²) < 4.78 is 11.3. The molecular weight excluding hydrogens is 248 g/mol. The average Bonchev–Trinajstić information content (AvgIpc) is 2.65. The molecule has 0 saturated carbocycles. The van der Waals surface area contributed by atoms with Gasteiger partial charge in [0.2, 0.25) is 0 Å². The van der Waals surface area contributed by atoms with Crippen LogP contribution < -0.4 is 11.5 Å². The van der Waals surface area contributed by atoms with E-state index in [-0.39, 0.29) is 6.54 Å². The first kappa shape index (κ1) is 13.2. The SMILES string of the molecule is CCCCOC(=O)Cn1c(=O)oc2cc(N)ccc21. The Morgan fingerprint density at radius 3 is 3.00 bits per heavy atom. The summed E-state index contributed by atoms with van der Waals surface area (Å²) >= 11 is 0. The number of aromatic nitrogens is 1. The number of carbonyl (C=O) groups is 1. The van der Waals surface area contributed by atoms with Crippen molar-refractivity contribution in [3.05, 3.63) is 28.7 Å². The van der Waals surface area contributed by atoms with Crippen molar-refractivity contribution in [1.82, 2.24) is 4.57 Å². The number of nitrogens with two attached hydrogens (primary N) is 1. The van der Waals surface area contributed by atoms with Crippen molar-refractivity contribution in [2.75, 3.05) is 12.3 Å². The van der Waals surface area contributed by atoms with Crippen LogP contribution in [0.2, 0.25) is 0 Å². The van der Waals surface area contributed by atoms with Crippen LogP contribution in [0.5, 0.6) is 0 Å². The molecule has 19 heavy (non-hydrogen) atoms. The predicted molar refractivity (Wildman–Crippen MR) is 70.8 cm³/mol. The van der Waals surface area contributed by atoms with E-state index >= 15 is 0 Å². The largest absolute Gasteiger partial charge is 0.464 e. The van der Waals surface area contributed by atoms with E-state index in [9.17, 15) is 9.59 Å². The lowest BCUT2D eigenvalue weighted by Crippen LogP contribution is -2.21. The third-order valence-corrected chi connectivity index (χ3v) is 2.74. The van der Waals surface area contributed by atoms with Crippen molar-refractivity contribution in [1.29, 1.82) is 0 Å². The minimum atomic E-state index is -0.590. The Morgan fingerprint density at radius 1 is 1.47 bits per heavy atom. The van der Waals surface area contributed by atoms with Crippen LogP contribution in [0.15, 0.2) is 27.4 Å². The van der Waals surface area contributed by atoms with Crippen LogP contribution >= 0.6 is 0 Å². The van der Waals surface area contributed by atoms with E-state index in [0.29, 0.717) is 23.4 Å². The molecule has 102 valence electrons. The number of nitrogen functional groups attached to an aromatic ring is 1. The Balaban J connectivity index is 2.18. The normalized spacial score (nSPS) is 10.8. The molecule has 1 heterocycles. The summed E-state index contributed by atoms with van der Waals surface area (Å²) in [5, 5.41) is 0. The summed E-state index contributed by atoms with van der Waals surface area (Å²) in [7, 11) is 0. The average molecular weight is 264 g/mol. The van der Waals surface area contributed by atoms with E-state index in [1.807, 2.05) is 6.92 Å². The molecular formula is C13H16N2O4. The number of unbranched alkanes of at least 4 members (excludes halogenated alkanes) is 1. The molecule has 2 N–H and O–H groups in total. The highest BCUT2D eigenvalue weighted by Gasteiger charge is 2.13. The highest BCUT2D eigenvalue weighted by molar-refractivity contribution is 5.79. The standard InChI is InChI=1S/C13H16N2O4/c1-2-3-6-18-12(16)8-15-10-5-4-9(14)7-11(10)19-13(15)17/h4-5,7H,2-3,6,8,14H2,1H3. The maximum absolute atomic E-state index is 11.7. The molecule has 0 aliphatic carbocycles. The van der Waals surface area contributed by atoms with Gasteiger partial charge in [-0.15, -0.1) is 0 Å². The molecule has 0 aliphatic rings. The summed E-state index contributed by atoms with van der Waals surface area (Å²) in [4.78, 5) is 23.3. The first-order valence-electron chi connectivity index (χ1n) is 6.16. The monoisotopic (exact) mass is 264 g/mol. The van der Waals surface area contributed by atoms with Crippen LogP contribution in [-0.2, 0) is 16.1 Å². The van der Waals surface area contributed by atoms with E-state index in [1.165, 1.54) is 4.57 Å². The Bertz CT molecular complexity index is 642. The number of oxazole rings is 1. The smallest absolute Gasteiger partial charge is 0.420 e. The number of rotatable bonds is 5. The van der Waals surface area contributed by atoms with Crippen molar-refractivity contribution in [2.24, 2.45) is 0 Å². The first-order chi connectivity index (χ1) is 9.11. The van der Waals surface area contributed by atoms with E-state index < -0.39 is 11.7 Å². The molecule has 0 bridgehead atoms. The number of anilines is 1. The summed E-state index contributed by atoms with van der Waals surface area (Å²) in [5.74, 6) is -1.04. The van der Waals surface area contributed by atoms with Gasteiger partial charge in [0.05, 0.1) is 12.1 Å². The van der Waals surface area contributed by atoms with Crippen LogP contribution in [0.3, 0.4) is 0 Å². The number of fused-ring (bicyclic) bond motifs is 1. The van der Waals surface area contributed by atoms with Gasteiger partial charge in [0.1, 0.15) is 6.54 Å². The Morgan fingerprint density at radius 2 is 2.26 bits per heavy atom. The van der Waals surface area contributed by atoms with E-state index in [4.69, 9.17) is 14.9 Å². The van der Waals surface area contributed by atoms with Gasteiger partial charge in [-0.25, -0.2) is 4.79 Å². The van der Waals surface area contributed by atoms with Gasteiger partial charge < -0.3 is 14.9 Å². The summed E-state index contributed by atoms with van der Waals surface area (Å²) in [6.07, 6.45) is 1.75. The molecule has 0 amide bonds. The molecule has 2 aromatic rings. The molecule has 0 spiro atoms. The van der Waals surface area contributed by atoms with Gasteiger partial charge in [0, 0.05) is 11.8 Å². The molecule has 6 heteroatoms. The quantitative estimate of drug-likeness (QED) is 0.502. The fraction of sp³-hybridized carbons (Fsp3) is 0.385. The first-order valence-corrected chi connectivity index (χ1v) is 6.16. The molecule has 0 radical (unpaired) electrons. The Kier molecular flexibility index (Phi) is 3.89. The van der Waals surface area contributed by atoms with Gasteiger partial charge in [0.15, 0.2) is 5.58 Å². The summed E-state index contributed by atoms with van der Waals surface area (Å²) in [6, 6.07) is 4.85. The van der Waals surface area contributed by atoms with E-state index in [1.54, 1.807) is 18.2 Å². The van der Waals surface area contributed by atoms with Crippen LogP contribution in [0, 0.1) is 0 Å². The molecule has 0 unspecified atom stereocenters. The minimum absolute atomic E-state index is 0.153. The van der Waals surface area contributed by atoms with E-state index in [2.05, 4.69) is 0 Å². The lowest BCUT2D eigenvalue weighted by molar-refractivity contribution is -0.144. The zero-order chi connectivity index (χ0) is 13.8. The van der Waals surface area contributed by atoms with Crippen LogP contribution in [0.25, 0.3) is 11.1 Å². The molecule has 6 nitrogen and oxygen atoms in total. The molecule has 0 aliphatic heterocycles. The summed E-state index contributed by atoms with van der Waals surface area (Å²) in [5.41, 5.74) is 7.00. The maximum Gasteiger partial charge on any atom is 0.420 e. The fourth-order valence-corrected chi connectivity index (χ4v) is 1.74. The van der Waals surface area contributed by atoms with Crippen molar-refractivity contribution in [3.8, 4) is 0 Å². The number of hydrogen-bond acceptors (Lipinski definition) is 5. The third-order valence-electron chi connectivity index (χ3n) is 2.74. The van der Waals surface area contributed by atoms with E-state index in [0.717, 1.165) is 12.8 Å². The van der Waals surface area contributed by atoms with Crippen molar-refractivity contribution < 1.29 is 13.9 Å². The Hall–Kier alpha value is -2.24. The van der Waals surface area contributed by atoms with Crippen LogP contribution in [0.4, 0.5) is 5.69 Å². The number of esters is 1. The minimum Gasteiger partial charge on any atom is -0.464 e. The van der Waals surface area contributed by atoms with Crippen LogP contribution in [-0.4, -0.2) is 17.1 Å². The highest BCUT2D eigenvalue weighted by Crippen LogP contribution is 2.16. The van der Waals surface area contributed by atoms with Crippen molar-refractivity contribution in [3.63, 3.8) is 0 Å². The third kappa shape index (κ3) is 2.96. The lowest BCUT2D eigenvalue weighted by Gasteiger charge is -2.04. The second-order valence-electron chi connectivity index (χ2n) is 4.26. The maximum atomic E-state index is 11.7. The van der Waals surface area contributed by atoms with Crippen molar-refractivity contribution in [2.45, 2.75) is 26.3 Å². The number of nitrogens with zero attached hydrogens (tertiary/aromatic N) is 1. The van der Waals surface area contributed by atoms with Gasteiger partial charge in [-0.2, -0.15) is 0 Å². The molecule has 0 fully saturated rings. The van der Waals surface area contributed by atoms with Crippen molar-refractivity contribution >= 4 is 22.8 Å². The molecule has 0 atom stereocenters. The molecule has 2 rings (SSSR count).